The minimum Gasteiger partial charge on any atom is -0.480 e. The maximum absolute atomic E-state index is 11.3. The normalized spacial score (nSPS) is 22.1. The molecule has 1 heterocycles. The monoisotopic (exact) mass is 286 g/mol. The van der Waals surface area contributed by atoms with E-state index < -0.39 is 11.5 Å². The van der Waals surface area contributed by atoms with E-state index in [1.165, 1.54) is 6.42 Å². The van der Waals surface area contributed by atoms with Gasteiger partial charge in [-0.3, -0.25) is 4.79 Å². The molecule has 2 N–H and O–H groups in total. The number of hydrogen-bond acceptors (Lipinski definition) is 4. The van der Waals surface area contributed by atoms with Gasteiger partial charge in [0.25, 0.3) is 0 Å². The summed E-state index contributed by atoms with van der Waals surface area (Å²) in [6.07, 6.45) is 4.23. The molecule has 1 rings (SSSR count). The van der Waals surface area contributed by atoms with Crippen molar-refractivity contribution in [1.29, 1.82) is 0 Å². The summed E-state index contributed by atoms with van der Waals surface area (Å²) in [5.41, 5.74) is -0.808. The van der Waals surface area contributed by atoms with Gasteiger partial charge in [0, 0.05) is 13.2 Å². The summed E-state index contributed by atoms with van der Waals surface area (Å²) in [5.74, 6) is -0.762. The molecule has 1 aliphatic heterocycles. The zero-order chi connectivity index (χ0) is 15.0. The van der Waals surface area contributed by atoms with Gasteiger partial charge in [-0.2, -0.15) is 0 Å². The minimum absolute atomic E-state index is 0.370. The summed E-state index contributed by atoms with van der Waals surface area (Å²) in [7, 11) is 0. The van der Waals surface area contributed by atoms with Gasteiger partial charge in [0.05, 0.1) is 6.10 Å². The molecule has 118 valence electrons. The van der Waals surface area contributed by atoms with Crippen molar-refractivity contribution in [2.75, 3.05) is 32.8 Å². The lowest BCUT2D eigenvalue weighted by Crippen LogP contribution is -2.49. The molecule has 0 saturated carbocycles. The van der Waals surface area contributed by atoms with Crippen molar-refractivity contribution in [1.82, 2.24) is 10.2 Å². The van der Waals surface area contributed by atoms with Crippen LogP contribution in [0, 0.1) is 0 Å². The maximum atomic E-state index is 11.3. The van der Waals surface area contributed by atoms with Gasteiger partial charge in [0.1, 0.15) is 5.54 Å². The van der Waals surface area contributed by atoms with Gasteiger partial charge in [-0.15, -0.1) is 0 Å². The third-order valence-electron chi connectivity index (χ3n) is 4.12. The van der Waals surface area contributed by atoms with Gasteiger partial charge in [-0.25, -0.2) is 0 Å². The lowest BCUT2D eigenvalue weighted by molar-refractivity contribution is -0.144. The van der Waals surface area contributed by atoms with Gasteiger partial charge >= 0.3 is 5.97 Å². The maximum Gasteiger partial charge on any atom is 0.323 e. The highest BCUT2D eigenvalue weighted by Gasteiger charge is 2.31. The van der Waals surface area contributed by atoms with Crippen molar-refractivity contribution >= 4 is 5.97 Å². The molecule has 0 aliphatic carbocycles. The van der Waals surface area contributed by atoms with Crippen molar-refractivity contribution in [3.63, 3.8) is 0 Å². The van der Waals surface area contributed by atoms with Crippen molar-refractivity contribution < 1.29 is 14.6 Å². The number of carboxylic acid groups (broad SMARTS) is 1. The van der Waals surface area contributed by atoms with Gasteiger partial charge in [0.2, 0.25) is 0 Å². The first-order valence-corrected chi connectivity index (χ1v) is 7.84. The largest absolute Gasteiger partial charge is 0.480 e. The second-order valence-corrected chi connectivity index (χ2v) is 5.80. The fraction of sp³-hybridized carbons (Fsp3) is 0.933. The molecular weight excluding hydrogens is 256 g/mol. The Morgan fingerprint density at radius 2 is 2.25 bits per heavy atom. The molecule has 5 nitrogen and oxygen atoms in total. The number of aliphatic carboxylic acids is 1. The molecule has 2 unspecified atom stereocenters. The molecule has 0 bridgehead atoms. The van der Waals surface area contributed by atoms with Crippen LogP contribution in [0.1, 0.15) is 46.5 Å². The Labute approximate surface area is 122 Å². The van der Waals surface area contributed by atoms with E-state index in [-0.39, 0.29) is 0 Å². The Kier molecular flexibility index (Phi) is 7.48. The highest BCUT2D eigenvalue weighted by atomic mass is 16.5. The van der Waals surface area contributed by atoms with Crippen molar-refractivity contribution in [2.45, 2.75) is 58.1 Å². The predicted octanol–water partition coefficient (Wildman–Crippen LogP) is 1.72. The van der Waals surface area contributed by atoms with Gasteiger partial charge in [-0.05, 0) is 52.2 Å². The second-order valence-electron chi connectivity index (χ2n) is 5.80. The highest BCUT2D eigenvalue weighted by Crippen LogP contribution is 2.16. The fourth-order valence-electron chi connectivity index (χ4n) is 2.77. The third-order valence-corrected chi connectivity index (χ3v) is 4.12. The molecule has 1 aliphatic rings. The first-order valence-electron chi connectivity index (χ1n) is 7.84. The van der Waals surface area contributed by atoms with Crippen molar-refractivity contribution in [3.05, 3.63) is 0 Å². The molecule has 2 atom stereocenters. The van der Waals surface area contributed by atoms with Crippen LogP contribution in [0.15, 0.2) is 0 Å². The van der Waals surface area contributed by atoms with E-state index in [1.807, 2.05) is 6.92 Å². The average Bonchev–Trinajstić information content (AvgIpc) is 2.90. The SMILES string of the molecule is CCNC(C)(CCCN(CC)CC1CCCO1)C(=O)O. The predicted molar refractivity (Wildman–Crippen MR) is 80.0 cm³/mol. The van der Waals surface area contributed by atoms with Gasteiger partial charge in [-0.1, -0.05) is 13.8 Å². The standard InChI is InChI=1S/C15H30N2O3/c1-4-16-15(3,14(18)19)9-7-10-17(5-2)12-13-8-6-11-20-13/h13,16H,4-12H2,1-3H3,(H,18,19). The van der Waals surface area contributed by atoms with Crippen LogP contribution in [-0.4, -0.2) is 60.4 Å². The lowest BCUT2D eigenvalue weighted by Gasteiger charge is -2.28. The first-order chi connectivity index (χ1) is 9.51. The Morgan fingerprint density at radius 1 is 1.50 bits per heavy atom. The average molecular weight is 286 g/mol. The molecule has 0 amide bonds. The van der Waals surface area contributed by atoms with Crippen LogP contribution < -0.4 is 5.32 Å². The summed E-state index contributed by atoms with van der Waals surface area (Å²) in [6, 6.07) is 0. The molecule has 0 spiro atoms. The van der Waals surface area contributed by atoms with Crippen molar-refractivity contribution in [3.8, 4) is 0 Å². The summed E-state index contributed by atoms with van der Waals surface area (Å²) >= 11 is 0. The van der Waals surface area contributed by atoms with E-state index in [0.29, 0.717) is 19.1 Å². The Bertz CT molecular complexity index is 293. The number of nitrogens with one attached hydrogen (secondary N) is 1. The van der Waals surface area contributed by atoms with Crippen LogP contribution in [0.25, 0.3) is 0 Å². The Hall–Kier alpha value is -0.650. The number of ether oxygens (including phenoxy) is 1. The molecule has 1 fully saturated rings. The smallest absolute Gasteiger partial charge is 0.323 e. The summed E-state index contributed by atoms with van der Waals surface area (Å²) < 4.78 is 5.66. The van der Waals surface area contributed by atoms with Crippen molar-refractivity contribution in [2.24, 2.45) is 0 Å². The number of likely N-dealkylation sites (N-methyl/N-ethyl adjacent to an activating group) is 2. The number of rotatable bonds is 10. The number of carboxylic acids is 1. The van der Waals surface area contributed by atoms with Crippen LogP contribution in [-0.2, 0) is 9.53 Å². The molecule has 0 aromatic rings. The van der Waals surface area contributed by atoms with Crippen LogP contribution in [0.4, 0.5) is 0 Å². The number of nitrogens with zero attached hydrogens (tertiary/aromatic N) is 1. The van der Waals surface area contributed by atoms with E-state index in [9.17, 15) is 9.90 Å². The summed E-state index contributed by atoms with van der Waals surface area (Å²) in [4.78, 5) is 13.7. The molecule has 5 heteroatoms. The molecule has 0 radical (unpaired) electrons. The zero-order valence-corrected chi connectivity index (χ0v) is 13.2. The highest BCUT2D eigenvalue weighted by molar-refractivity contribution is 5.78. The van der Waals surface area contributed by atoms with Gasteiger partial charge in [0.15, 0.2) is 0 Å². The number of carbonyl (C=O) groups is 1. The van der Waals surface area contributed by atoms with E-state index in [1.54, 1.807) is 6.92 Å². The molecular formula is C15H30N2O3. The molecule has 1 saturated heterocycles. The minimum atomic E-state index is -0.808. The summed E-state index contributed by atoms with van der Waals surface area (Å²) in [6.45, 7) is 10.3. The van der Waals surface area contributed by atoms with Gasteiger partial charge < -0.3 is 20.1 Å². The molecule has 20 heavy (non-hydrogen) atoms. The molecule has 0 aromatic heterocycles. The topological polar surface area (TPSA) is 61.8 Å². The van der Waals surface area contributed by atoms with E-state index >= 15 is 0 Å². The Balaban J connectivity index is 2.33. The van der Waals surface area contributed by atoms with Crippen LogP contribution in [0.3, 0.4) is 0 Å². The fourth-order valence-corrected chi connectivity index (χ4v) is 2.77. The van der Waals surface area contributed by atoms with Crippen LogP contribution >= 0.6 is 0 Å². The quantitative estimate of drug-likeness (QED) is 0.640. The first kappa shape index (κ1) is 17.4. The lowest BCUT2D eigenvalue weighted by atomic mass is 9.95. The second kappa shape index (κ2) is 8.60. The third kappa shape index (κ3) is 5.38. The van der Waals surface area contributed by atoms with E-state index in [2.05, 4.69) is 17.1 Å². The number of hydrogen-bond donors (Lipinski definition) is 2. The van der Waals surface area contributed by atoms with Crippen LogP contribution in [0.5, 0.6) is 0 Å². The summed E-state index contributed by atoms with van der Waals surface area (Å²) in [5, 5.41) is 12.4. The van der Waals surface area contributed by atoms with E-state index in [4.69, 9.17) is 4.74 Å². The Morgan fingerprint density at radius 3 is 2.75 bits per heavy atom. The van der Waals surface area contributed by atoms with E-state index in [0.717, 1.165) is 39.1 Å². The zero-order valence-electron chi connectivity index (χ0n) is 13.2. The molecule has 0 aromatic carbocycles. The van der Waals surface area contributed by atoms with Crippen LogP contribution in [0.2, 0.25) is 0 Å².